The summed E-state index contributed by atoms with van der Waals surface area (Å²) < 4.78 is 6.32. The van der Waals surface area contributed by atoms with Gasteiger partial charge >= 0.3 is 5.97 Å². The van der Waals surface area contributed by atoms with E-state index in [-0.39, 0.29) is 6.61 Å². The summed E-state index contributed by atoms with van der Waals surface area (Å²) in [4.78, 5) is 23.1. The van der Waals surface area contributed by atoms with Crippen molar-refractivity contribution in [3.63, 3.8) is 0 Å². The van der Waals surface area contributed by atoms with Crippen LogP contribution in [0.5, 0.6) is 0 Å². The Hall–Kier alpha value is -1.89. The van der Waals surface area contributed by atoms with Gasteiger partial charge in [0.15, 0.2) is 6.04 Å². The van der Waals surface area contributed by atoms with E-state index in [2.05, 4.69) is 15.2 Å². The lowest BCUT2D eigenvalue weighted by atomic mass is 10.2. The fraction of sp³-hybridized carbons (Fsp3) is 0.545. The van der Waals surface area contributed by atoms with Crippen molar-refractivity contribution < 1.29 is 14.3 Å². The number of nitrogens with zero attached hydrogens (tertiary/aromatic N) is 2. The molecule has 0 aliphatic carbocycles. The van der Waals surface area contributed by atoms with Gasteiger partial charge in [-0.3, -0.25) is 9.48 Å². The molecule has 0 bridgehead atoms. The highest BCUT2D eigenvalue weighted by Crippen LogP contribution is 2.18. The molecular weight excluding hydrogens is 236 g/mol. The second-order valence-corrected chi connectivity index (χ2v) is 3.89. The van der Waals surface area contributed by atoms with Crippen LogP contribution in [0.4, 0.5) is 5.69 Å². The Balaban J connectivity index is 2.78. The van der Waals surface area contributed by atoms with Crippen LogP contribution in [0.25, 0.3) is 0 Å². The van der Waals surface area contributed by atoms with Crippen molar-refractivity contribution in [2.24, 2.45) is 12.8 Å². The van der Waals surface area contributed by atoms with E-state index in [1.54, 1.807) is 25.6 Å². The normalized spacial score (nSPS) is 12.1. The summed E-state index contributed by atoms with van der Waals surface area (Å²) in [7, 11) is 1.77. The second-order valence-electron chi connectivity index (χ2n) is 3.89. The Morgan fingerprint density at radius 1 is 1.50 bits per heavy atom. The quantitative estimate of drug-likeness (QED) is 0.576. The molecule has 0 fully saturated rings. The number of esters is 1. The minimum atomic E-state index is -1.33. The smallest absolute Gasteiger partial charge is 0.332 e. The van der Waals surface area contributed by atoms with Gasteiger partial charge in [0.05, 0.1) is 23.7 Å². The van der Waals surface area contributed by atoms with Crippen LogP contribution in [0.1, 0.15) is 18.3 Å². The maximum Gasteiger partial charge on any atom is 0.332 e. The van der Waals surface area contributed by atoms with Gasteiger partial charge < -0.3 is 15.8 Å². The first kappa shape index (κ1) is 14.2. The molecule has 0 aliphatic heterocycles. The molecule has 18 heavy (non-hydrogen) atoms. The number of rotatable bonds is 4. The van der Waals surface area contributed by atoms with Crippen LogP contribution in [0.15, 0.2) is 0 Å². The van der Waals surface area contributed by atoms with Gasteiger partial charge in [-0.25, -0.2) is 4.79 Å². The van der Waals surface area contributed by atoms with Crippen molar-refractivity contribution in [3.05, 3.63) is 11.4 Å². The number of anilines is 1. The zero-order valence-electron chi connectivity index (χ0n) is 11.0. The van der Waals surface area contributed by atoms with Crippen LogP contribution < -0.4 is 11.1 Å². The summed E-state index contributed by atoms with van der Waals surface area (Å²) in [6.45, 7) is 5.41. The monoisotopic (exact) mass is 254 g/mol. The van der Waals surface area contributed by atoms with Crippen LogP contribution in [-0.2, 0) is 21.4 Å². The van der Waals surface area contributed by atoms with Gasteiger partial charge in [0.2, 0.25) is 0 Å². The van der Waals surface area contributed by atoms with Gasteiger partial charge in [-0.15, -0.1) is 0 Å². The molecule has 1 atom stereocenters. The molecule has 0 spiro atoms. The molecule has 7 nitrogen and oxygen atoms in total. The van der Waals surface area contributed by atoms with Crippen molar-refractivity contribution in [2.75, 3.05) is 11.9 Å². The summed E-state index contributed by atoms with van der Waals surface area (Å²) in [5.41, 5.74) is 7.51. The minimum absolute atomic E-state index is 0.185. The van der Waals surface area contributed by atoms with E-state index in [0.29, 0.717) is 11.4 Å². The standard InChI is InChI=1S/C11H18N4O3/c1-5-18-11(17)8(12)10(16)13-9-6(2)14-15(4)7(9)3/h8H,5,12H2,1-4H3,(H,13,16). The molecule has 0 saturated heterocycles. The van der Waals surface area contributed by atoms with Crippen LogP contribution >= 0.6 is 0 Å². The van der Waals surface area contributed by atoms with Crippen LogP contribution in [-0.4, -0.2) is 34.3 Å². The lowest BCUT2D eigenvalue weighted by Gasteiger charge is -2.11. The maximum absolute atomic E-state index is 11.8. The molecule has 0 radical (unpaired) electrons. The van der Waals surface area contributed by atoms with E-state index in [9.17, 15) is 9.59 Å². The minimum Gasteiger partial charge on any atom is -0.464 e. The number of aryl methyl sites for hydroxylation is 2. The summed E-state index contributed by atoms with van der Waals surface area (Å²) >= 11 is 0. The fourth-order valence-corrected chi connectivity index (χ4v) is 1.49. The molecule has 0 aromatic carbocycles. The molecule has 0 aliphatic rings. The molecule has 1 amide bonds. The van der Waals surface area contributed by atoms with Crippen molar-refractivity contribution in [1.29, 1.82) is 0 Å². The first-order valence-corrected chi connectivity index (χ1v) is 5.61. The van der Waals surface area contributed by atoms with Crippen molar-refractivity contribution >= 4 is 17.6 Å². The van der Waals surface area contributed by atoms with E-state index >= 15 is 0 Å². The van der Waals surface area contributed by atoms with Crippen LogP contribution in [0.2, 0.25) is 0 Å². The Bertz CT molecular complexity index is 467. The van der Waals surface area contributed by atoms with E-state index in [1.165, 1.54) is 0 Å². The van der Waals surface area contributed by atoms with E-state index in [1.807, 2.05) is 6.92 Å². The lowest BCUT2D eigenvalue weighted by Crippen LogP contribution is -2.43. The van der Waals surface area contributed by atoms with E-state index < -0.39 is 17.9 Å². The van der Waals surface area contributed by atoms with Crippen molar-refractivity contribution in [1.82, 2.24) is 9.78 Å². The number of hydrogen-bond acceptors (Lipinski definition) is 5. The van der Waals surface area contributed by atoms with E-state index in [0.717, 1.165) is 5.69 Å². The van der Waals surface area contributed by atoms with Crippen molar-refractivity contribution in [3.8, 4) is 0 Å². The molecule has 1 heterocycles. The van der Waals surface area contributed by atoms with Gasteiger partial charge in [-0.2, -0.15) is 5.10 Å². The van der Waals surface area contributed by atoms with Gasteiger partial charge in [-0.05, 0) is 20.8 Å². The number of nitrogens with one attached hydrogen (secondary N) is 1. The summed E-state index contributed by atoms with van der Waals surface area (Å²) in [5.74, 6) is -1.35. The third-order valence-corrected chi connectivity index (χ3v) is 2.58. The highest BCUT2D eigenvalue weighted by molar-refractivity contribution is 6.08. The van der Waals surface area contributed by atoms with Crippen LogP contribution in [0.3, 0.4) is 0 Å². The average Bonchev–Trinajstić information content (AvgIpc) is 2.55. The van der Waals surface area contributed by atoms with Gasteiger partial charge in [0, 0.05) is 7.05 Å². The number of nitrogens with two attached hydrogens (primary N) is 1. The topological polar surface area (TPSA) is 99.2 Å². The Kier molecular flexibility index (Phi) is 4.43. The molecule has 3 N–H and O–H groups in total. The molecule has 100 valence electrons. The largest absolute Gasteiger partial charge is 0.464 e. The molecule has 1 aromatic heterocycles. The Morgan fingerprint density at radius 3 is 2.56 bits per heavy atom. The number of hydrogen-bond donors (Lipinski definition) is 2. The lowest BCUT2D eigenvalue weighted by molar-refractivity contribution is -0.146. The number of aromatic nitrogens is 2. The number of amides is 1. The Morgan fingerprint density at radius 2 is 2.11 bits per heavy atom. The number of carbonyl (C=O) groups excluding carboxylic acids is 2. The third-order valence-electron chi connectivity index (χ3n) is 2.58. The third kappa shape index (κ3) is 2.86. The van der Waals surface area contributed by atoms with E-state index in [4.69, 9.17) is 5.73 Å². The summed E-state index contributed by atoms with van der Waals surface area (Å²) in [5, 5.41) is 6.74. The molecule has 7 heteroatoms. The van der Waals surface area contributed by atoms with Crippen molar-refractivity contribution in [2.45, 2.75) is 26.8 Å². The zero-order valence-corrected chi connectivity index (χ0v) is 11.0. The molecule has 1 unspecified atom stereocenters. The first-order valence-electron chi connectivity index (χ1n) is 5.61. The molecule has 1 rings (SSSR count). The number of carbonyl (C=O) groups is 2. The molecular formula is C11H18N4O3. The van der Waals surface area contributed by atoms with Gasteiger partial charge in [0.25, 0.3) is 5.91 Å². The Labute approximate surface area is 105 Å². The predicted molar refractivity (Wildman–Crippen MR) is 65.9 cm³/mol. The second kappa shape index (κ2) is 5.63. The van der Waals surface area contributed by atoms with Crippen LogP contribution in [0, 0.1) is 13.8 Å². The van der Waals surface area contributed by atoms with Gasteiger partial charge in [-0.1, -0.05) is 0 Å². The predicted octanol–water partition coefficient (Wildman–Crippen LogP) is -0.134. The average molecular weight is 254 g/mol. The fourth-order valence-electron chi connectivity index (χ4n) is 1.49. The summed E-state index contributed by atoms with van der Waals surface area (Å²) in [6, 6.07) is -1.33. The first-order chi connectivity index (χ1) is 8.38. The molecule has 0 saturated carbocycles. The van der Waals surface area contributed by atoms with Gasteiger partial charge in [0.1, 0.15) is 0 Å². The number of ether oxygens (including phenoxy) is 1. The zero-order chi connectivity index (χ0) is 13.9. The maximum atomic E-state index is 11.8. The summed E-state index contributed by atoms with van der Waals surface area (Å²) in [6.07, 6.45) is 0. The molecule has 1 aromatic rings. The highest BCUT2D eigenvalue weighted by Gasteiger charge is 2.25. The highest BCUT2D eigenvalue weighted by atomic mass is 16.5. The SMILES string of the molecule is CCOC(=O)C(N)C(=O)Nc1c(C)nn(C)c1C.